The molecule has 4 rings (SSSR count). The highest BCUT2D eigenvalue weighted by Crippen LogP contribution is 2.31. The summed E-state index contributed by atoms with van der Waals surface area (Å²) >= 11 is 0. The zero-order valence-electron chi connectivity index (χ0n) is 21.9. The van der Waals surface area contributed by atoms with Crippen molar-refractivity contribution in [2.75, 3.05) is 7.11 Å². The summed E-state index contributed by atoms with van der Waals surface area (Å²) in [6.07, 6.45) is 8.87. The zero-order chi connectivity index (χ0) is 26.3. The van der Waals surface area contributed by atoms with E-state index in [2.05, 4.69) is 17.0 Å². The van der Waals surface area contributed by atoms with Gasteiger partial charge in [0.15, 0.2) is 0 Å². The summed E-state index contributed by atoms with van der Waals surface area (Å²) in [6.45, 7) is 3.09. The smallest absolute Gasteiger partial charge is 0.308 e. The Balaban J connectivity index is 1.34. The van der Waals surface area contributed by atoms with Gasteiger partial charge in [0.2, 0.25) is 10.0 Å². The summed E-state index contributed by atoms with van der Waals surface area (Å²) in [5, 5.41) is 3.65. The maximum atomic E-state index is 13.1. The Kier molecular flexibility index (Phi) is 9.62. The van der Waals surface area contributed by atoms with Gasteiger partial charge in [0, 0.05) is 29.8 Å². The Labute approximate surface area is 221 Å². The third kappa shape index (κ3) is 7.55. The van der Waals surface area contributed by atoms with Gasteiger partial charge in [0.05, 0.1) is 17.9 Å². The van der Waals surface area contributed by atoms with Crippen LogP contribution in [0.15, 0.2) is 53.4 Å². The molecule has 0 saturated heterocycles. The summed E-state index contributed by atoms with van der Waals surface area (Å²) in [4.78, 5) is 11.8. The van der Waals surface area contributed by atoms with Gasteiger partial charge in [0.1, 0.15) is 12.4 Å². The first-order valence-corrected chi connectivity index (χ1v) is 15.0. The first-order chi connectivity index (χ1) is 17.9. The summed E-state index contributed by atoms with van der Waals surface area (Å²) in [7, 11) is -2.40. The van der Waals surface area contributed by atoms with Crippen LogP contribution in [0.5, 0.6) is 5.75 Å². The molecule has 2 aromatic rings. The molecule has 0 amide bonds. The van der Waals surface area contributed by atoms with E-state index >= 15 is 0 Å². The largest absolute Gasteiger partial charge is 0.489 e. The van der Waals surface area contributed by atoms with Gasteiger partial charge >= 0.3 is 5.97 Å². The SMILES string of the molecule is COC(=O)C1CC(NS(=O)(=O)c2ccccc2COc2ccccc2CNC(C)CC2CCCCC2)C1. The van der Waals surface area contributed by atoms with E-state index in [0.29, 0.717) is 31.0 Å². The van der Waals surface area contributed by atoms with Gasteiger partial charge in [-0.25, -0.2) is 13.1 Å². The van der Waals surface area contributed by atoms with Crippen LogP contribution in [0.1, 0.15) is 69.4 Å². The van der Waals surface area contributed by atoms with Gasteiger partial charge in [0.25, 0.3) is 0 Å². The van der Waals surface area contributed by atoms with Crippen molar-refractivity contribution in [3.63, 3.8) is 0 Å². The van der Waals surface area contributed by atoms with Gasteiger partial charge in [-0.3, -0.25) is 4.79 Å². The minimum Gasteiger partial charge on any atom is -0.489 e. The van der Waals surface area contributed by atoms with Crippen LogP contribution in [0.25, 0.3) is 0 Å². The van der Waals surface area contributed by atoms with Crippen LogP contribution in [0.4, 0.5) is 0 Å². The first-order valence-electron chi connectivity index (χ1n) is 13.5. The minimum atomic E-state index is -3.75. The number of methoxy groups -OCH3 is 1. The highest BCUT2D eigenvalue weighted by molar-refractivity contribution is 7.89. The fourth-order valence-corrected chi connectivity index (χ4v) is 6.97. The van der Waals surface area contributed by atoms with Crippen molar-refractivity contribution < 1.29 is 22.7 Å². The molecule has 1 atom stereocenters. The van der Waals surface area contributed by atoms with E-state index in [4.69, 9.17) is 9.47 Å². The molecule has 0 bridgehead atoms. The molecule has 2 saturated carbocycles. The van der Waals surface area contributed by atoms with Crippen molar-refractivity contribution in [2.45, 2.75) is 88.4 Å². The van der Waals surface area contributed by atoms with E-state index in [1.54, 1.807) is 18.2 Å². The molecule has 2 aliphatic carbocycles. The number of hydrogen-bond acceptors (Lipinski definition) is 6. The number of carbonyl (C=O) groups excluding carboxylic acids is 1. The van der Waals surface area contributed by atoms with Crippen LogP contribution >= 0.6 is 0 Å². The monoisotopic (exact) mass is 528 g/mol. The molecule has 8 heteroatoms. The number of esters is 1. The Morgan fingerprint density at radius 1 is 1.00 bits per heavy atom. The number of ether oxygens (including phenoxy) is 2. The van der Waals surface area contributed by atoms with E-state index < -0.39 is 10.0 Å². The fraction of sp³-hybridized carbons (Fsp3) is 0.552. The molecule has 37 heavy (non-hydrogen) atoms. The van der Waals surface area contributed by atoms with E-state index in [-0.39, 0.29) is 29.4 Å². The summed E-state index contributed by atoms with van der Waals surface area (Å²) in [5.74, 6) is 1.04. The van der Waals surface area contributed by atoms with E-state index in [9.17, 15) is 13.2 Å². The number of benzene rings is 2. The second-order valence-corrected chi connectivity index (χ2v) is 12.2. The second-order valence-electron chi connectivity index (χ2n) is 10.5. The molecule has 0 radical (unpaired) electrons. The van der Waals surface area contributed by atoms with Crippen LogP contribution in [0, 0.1) is 11.8 Å². The number of nitrogens with one attached hydrogen (secondary N) is 2. The van der Waals surface area contributed by atoms with Gasteiger partial charge in [-0.2, -0.15) is 0 Å². The molecule has 202 valence electrons. The molecule has 2 aliphatic rings. The number of para-hydroxylation sites is 1. The molecular formula is C29H40N2O5S. The molecule has 2 N–H and O–H groups in total. The van der Waals surface area contributed by atoms with Gasteiger partial charge < -0.3 is 14.8 Å². The maximum Gasteiger partial charge on any atom is 0.308 e. The zero-order valence-corrected chi connectivity index (χ0v) is 22.8. The van der Waals surface area contributed by atoms with Crippen LogP contribution in [-0.4, -0.2) is 33.6 Å². The molecule has 1 unspecified atom stereocenters. The van der Waals surface area contributed by atoms with Crippen molar-refractivity contribution in [3.8, 4) is 5.75 Å². The predicted molar refractivity (Wildman–Crippen MR) is 144 cm³/mol. The Hall–Kier alpha value is -2.42. The number of hydrogen-bond donors (Lipinski definition) is 2. The van der Waals surface area contributed by atoms with Crippen LogP contribution in [0.3, 0.4) is 0 Å². The van der Waals surface area contributed by atoms with Crippen LogP contribution in [-0.2, 0) is 32.7 Å². The first kappa shape index (κ1) is 27.6. The second kappa shape index (κ2) is 12.9. The Morgan fingerprint density at radius 3 is 2.41 bits per heavy atom. The average Bonchev–Trinajstić information content (AvgIpc) is 2.89. The lowest BCUT2D eigenvalue weighted by atomic mass is 9.81. The van der Waals surface area contributed by atoms with Crippen LogP contribution in [0.2, 0.25) is 0 Å². The van der Waals surface area contributed by atoms with Crippen molar-refractivity contribution in [3.05, 3.63) is 59.7 Å². The molecule has 0 aliphatic heterocycles. The number of sulfonamides is 1. The Bertz CT molecular complexity index is 1140. The molecular weight excluding hydrogens is 488 g/mol. The van der Waals surface area contributed by atoms with E-state index in [0.717, 1.165) is 17.2 Å². The lowest BCUT2D eigenvalue weighted by Gasteiger charge is -2.33. The topological polar surface area (TPSA) is 93.7 Å². The van der Waals surface area contributed by atoms with Gasteiger partial charge in [-0.05, 0) is 44.2 Å². The number of carbonyl (C=O) groups is 1. The molecule has 2 fully saturated rings. The molecule has 7 nitrogen and oxygen atoms in total. The summed E-state index contributed by atoms with van der Waals surface area (Å²) < 4.78 is 39.9. The van der Waals surface area contributed by atoms with Crippen LogP contribution < -0.4 is 14.8 Å². The standard InChI is InChI=1S/C29H40N2O5S/c1-21(16-22-10-4-3-5-11-22)30-19-23-12-6-8-14-27(23)36-20-24-13-7-9-15-28(24)37(33,34)31-26-17-25(18-26)29(32)35-2/h6-9,12-15,21-22,25-26,30-31H,3-5,10-11,16-20H2,1-2H3. The quantitative estimate of drug-likeness (QED) is 0.379. The van der Waals surface area contributed by atoms with Gasteiger partial charge in [-0.15, -0.1) is 0 Å². The van der Waals surface area contributed by atoms with E-state index in [1.165, 1.54) is 45.6 Å². The maximum absolute atomic E-state index is 13.1. The minimum absolute atomic E-state index is 0.140. The number of rotatable bonds is 12. The highest BCUT2D eigenvalue weighted by Gasteiger charge is 2.38. The normalized spacial score (nSPS) is 21.1. The van der Waals surface area contributed by atoms with Crippen molar-refractivity contribution in [2.24, 2.45) is 11.8 Å². The third-order valence-electron chi connectivity index (χ3n) is 7.66. The van der Waals surface area contributed by atoms with Gasteiger partial charge in [-0.1, -0.05) is 68.5 Å². The lowest BCUT2D eigenvalue weighted by molar-refractivity contribution is -0.148. The Morgan fingerprint density at radius 2 is 1.68 bits per heavy atom. The van der Waals surface area contributed by atoms with Crippen molar-refractivity contribution in [1.29, 1.82) is 0 Å². The van der Waals surface area contributed by atoms with Crippen molar-refractivity contribution in [1.82, 2.24) is 10.0 Å². The summed E-state index contributed by atoms with van der Waals surface area (Å²) in [6, 6.07) is 15.0. The average molecular weight is 529 g/mol. The van der Waals surface area contributed by atoms with E-state index in [1.807, 2.05) is 30.3 Å². The molecule has 2 aromatic carbocycles. The molecule has 0 heterocycles. The highest BCUT2D eigenvalue weighted by atomic mass is 32.2. The molecule has 0 aromatic heterocycles. The lowest BCUT2D eigenvalue weighted by Crippen LogP contribution is -2.47. The van der Waals surface area contributed by atoms with Crippen molar-refractivity contribution >= 4 is 16.0 Å². The fourth-order valence-electron chi connectivity index (χ4n) is 5.48. The third-order valence-corrected chi connectivity index (χ3v) is 9.29. The predicted octanol–water partition coefficient (Wildman–Crippen LogP) is 4.94. The molecule has 0 spiro atoms. The summed E-state index contributed by atoms with van der Waals surface area (Å²) in [5.41, 5.74) is 1.65.